The minimum Gasteiger partial charge on any atom is -0.406 e. The third-order valence-corrected chi connectivity index (χ3v) is 2.90. The summed E-state index contributed by atoms with van der Waals surface area (Å²) in [5.74, 6) is -0.843. The molecule has 4 N–H and O–H groups in total. The maximum Gasteiger partial charge on any atom is 0.573 e. The lowest BCUT2D eigenvalue weighted by molar-refractivity contribution is -0.274. The second-order valence-corrected chi connectivity index (χ2v) is 4.94. The molecule has 0 spiro atoms. The molecule has 1 heterocycles. The van der Waals surface area contributed by atoms with Crippen LogP contribution in [-0.2, 0) is 0 Å². The van der Waals surface area contributed by atoms with Gasteiger partial charge in [0.15, 0.2) is 0 Å². The molecule has 0 amide bonds. The van der Waals surface area contributed by atoms with Gasteiger partial charge in [0.1, 0.15) is 23.2 Å². The highest BCUT2D eigenvalue weighted by Crippen LogP contribution is 2.33. The van der Waals surface area contributed by atoms with E-state index in [0.717, 1.165) is 12.1 Å². The van der Waals surface area contributed by atoms with Crippen LogP contribution in [0.2, 0.25) is 0 Å². The first kappa shape index (κ1) is 15.8. The maximum absolute atomic E-state index is 12.3. The number of alkyl halides is 3. The van der Waals surface area contributed by atoms with Crippen LogP contribution in [0.3, 0.4) is 0 Å². The second-order valence-electron chi connectivity index (χ2n) is 4.03. The minimum atomic E-state index is -4.85. The van der Waals surface area contributed by atoms with Crippen LogP contribution in [0.1, 0.15) is 5.56 Å². The lowest BCUT2D eigenvalue weighted by atomic mass is 10.1. The number of hydrogen-bond acceptors (Lipinski definition) is 6. The van der Waals surface area contributed by atoms with Gasteiger partial charge in [0, 0.05) is 10.0 Å². The molecule has 0 fully saturated rings. The van der Waals surface area contributed by atoms with Crippen LogP contribution in [0.15, 0.2) is 22.7 Å². The Kier molecular flexibility index (Phi) is 4.09. The minimum absolute atomic E-state index is 0.0147. The topological polar surface area (TPSA) is 111 Å². The standard InChI is InChI=1S/C12H7BrF3N5O/c13-6-1-5(2-7(3-6)22-12(14,15)16)9-8(4-17)10(18)21-11(19)20-9/h1-3H,(H4,18,19,20,21). The first-order valence-electron chi connectivity index (χ1n) is 5.59. The molecule has 0 saturated carbocycles. The van der Waals surface area contributed by atoms with Crippen LogP contribution in [0.4, 0.5) is 24.9 Å². The third-order valence-electron chi connectivity index (χ3n) is 2.44. The Bertz CT molecular complexity index is 773. The Hall–Kier alpha value is -2.54. The molecular formula is C12H7BrF3N5O. The molecule has 6 nitrogen and oxygen atoms in total. The molecule has 0 saturated heterocycles. The number of anilines is 2. The van der Waals surface area contributed by atoms with Crippen LogP contribution in [-0.4, -0.2) is 16.3 Å². The quantitative estimate of drug-likeness (QED) is 0.836. The molecule has 0 atom stereocenters. The fourth-order valence-electron chi connectivity index (χ4n) is 1.71. The summed E-state index contributed by atoms with van der Waals surface area (Å²) in [7, 11) is 0. The number of nitrogen functional groups attached to an aromatic ring is 2. The molecule has 1 aromatic heterocycles. The molecule has 2 rings (SSSR count). The average Bonchev–Trinajstić information content (AvgIpc) is 2.35. The van der Waals surface area contributed by atoms with Gasteiger partial charge in [-0.15, -0.1) is 13.2 Å². The smallest absolute Gasteiger partial charge is 0.406 e. The van der Waals surface area contributed by atoms with Crippen molar-refractivity contribution in [2.24, 2.45) is 0 Å². The van der Waals surface area contributed by atoms with E-state index in [1.165, 1.54) is 6.07 Å². The Morgan fingerprint density at radius 2 is 1.86 bits per heavy atom. The van der Waals surface area contributed by atoms with Crippen molar-refractivity contribution >= 4 is 27.7 Å². The van der Waals surface area contributed by atoms with Gasteiger partial charge in [-0.05, 0) is 18.2 Å². The molecule has 0 bridgehead atoms. The van der Waals surface area contributed by atoms with Gasteiger partial charge in [0.25, 0.3) is 0 Å². The number of halogens is 4. The molecule has 0 aliphatic carbocycles. The van der Waals surface area contributed by atoms with Crippen molar-refractivity contribution in [1.82, 2.24) is 9.97 Å². The van der Waals surface area contributed by atoms with Gasteiger partial charge in [-0.2, -0.15) is 10.2 Å². The summed E-state index contributed by atoms with van der Waals surface area (Å²) < 4.78 is 41.1. The van der Waals surface area contributed by atoms with E-state index in [4.69, 9.17) is 16.7 Å². The van der Waals surface area contributed by atoms with Crippen molar-refractivity contribution < 1.29 is 17.9 Å². The summed E-state index contributed by atoms with van der Waals surface area (Å²) in [5.41, 5.74) is 11.1. The van der Waals surface area contributed by atoms with E-state index in [-0.39, 0.29) is 28.6 Å². The summed E-state index contributed by atoms with van der Waals surface area (Å²) in [6.07, 6.45) is -4.85. The van der Waals surface area contributed by atoms with Crippen molar-refractivity contribution in [3.8, 4) is 23.1 Å². The number of nitriles is 1. The summed E-state index contributed by atoms with van der Waals surface area (Å²) in [5, 5.41) is 9.10. The molecular weight excluding hydrogens is 367 g/mol. The molecule has 0 aliphatic heterocycles. The van der Waals surface area contributed by atoms with E-state index in [0.29, 0.717) is 4.47 Å². The van der Waals surface area contributed by atoms with Crippen LogP contribution in [0.5, 0.6) is 5.75 Å². The predicted octanol–water partition coefficient (Wildman–Crippen LogP) is 2.84. The zero-order valence-corrected chi connectivity index (χ0v) is 12.2. The van der Waals surface area contributed by atoms with Crippen LogP contribution in [0, 0.1) is 11.3 Å². The van der Waals surface area contributed by atoms with E-state index < -0.39 is 12.1 Å². The van der Waals surface area contributed by atoms with Gasteiger partial charge < -0.3 is 16.2 Å². The Morgan fingerprint density at radius 1 is 1.18 bits per heavy atom. The molecule has 10 heteroatoms. The number of aromatic nitrogens is 2. The Balaban J connectivity index is 2.61. The highest BCUT2D eigenvalue weighted by Gasteiger charge is 2.31. The predicted molar refractivity (Wildman–Crippen MR) is 75.4 cm³/mol. The summed E-state index contributed by atoms with van der Waals surface area (Å²) in [6.45, 7) is 0. The van der Waals surface area contributed by atoms with Crippen molar-refractivity contribution in [2.75, 3.05) is 11.5 Å². The van der Waals surface area contributed by atoms with E-state index >= 15 is 0 Å². The van der Waals surface area contributed by atoms with Gasteiger partial charge in [-0.3, -0.25) is 0 Å². The normalized spacial score (nSPS) is 11.0. The van der Waals surface area contributed by atoms with Gasteiger partial charge in [0.2, 0.25) is 5.95 Å². The van der Waals surface area contributed by atoms with E-state index in [1.54, 1.807) is 6.07 Å². The highest BCUT2D eigenvalue weighted by atomic mass is 79.9. The Labute approximate surface area is 130 Å². The van der Waals surface area contributed by atoms with Gasteiger partial charge in [0.05, 0.1) is 5.69 Å². The van der Waals surface area contributed by atoms with Crippen LogP contribution in [0.25, 0.3) is 11.3 Å². The molecule has 1 aromatic carbocycles. The maximum atomic E-state index is 12.3. The largest absolute Gasteiger partial charge is 0.573 e. The van der Waals surface area contributed by atoms with Crippen LogP contribution < -0.4 is 16.2 Å². The number of nitrogens with two attached hydrogens (primary N) is 2. The van der Waals surface area contributed by atoms with Gasteiger partial charge >= 0.3 is 6.36 Å². The summed E-state index contributed by atoms with van der Waals surface area (Å²) >= 11 is 3.07. The molecule has 22 heavy (non-hydrogen) atoms. The third kappa shape index (κ3) is 3.56. The van der Waals surface area contributed by atoms with Gasteiger partial charge in [-0.1, -0.05) is 15.9 Å². The number of nitrogens with zero attached hydrogens (tertiary/aromatic N) is 3. The summed E-state index contributed by atoms with van der Waals surface area (Å²) in [6, 6.07) is 5.43. The highest BCUT2D eigenvalue weighted by molar-refractivity contribution is 9.10. The van der Waals surface area contributed by atoms with Crippen molar-refractivity contribution in [3.05, 3.63) is 28.2 Å². The molecule has 114 valence electrons. The van der Waals surface area contributed by atoms with E-state index in [9.17, 15) is 13.2 Å². The first-order valence-corrected chi connectivity index (χ1v) is 6.38. The van der Waals surface area contributed by atoms with Crippen LogP contribution >= 0.6 is 15.9 Å². The lowest BCUT2D eigenvalue weighted by Crippen LogP contribution is -2.17. The van der Waals surface area contributed by atoms with Crippen molar-refractivity contribution in [1.29, 1.82) is 5.26 Å². The monoisotopic (exact) mass is 373 g/mol. The molecule has 0 aliphatic rings. The first-order chi connectivity index (χ1) is 10.2. The average molecular weight is 374 g/mol. The van der Waals surface area contributed by atoms with E-state index in [2.05, 4.69) is 30.6 Å². The number of hydrogen-bond donors (Lipinski definition) is 2. The van der Waals surface area contributed by atoms with Crippen molar-refractivity contribution in [3.63, 3.8) is 0 Å². The summed E-state index contributed by atoms with van der Waals surface area (Å²) in [4.78, 5) is 7.49. The number of rotatable bonds is 2. The molecule has 0 unspecified atom stereocenters. The fraction of sp³-hybridized carbons (Fsp3) is 0.0833. The molecule has 2 aromatic rings. The van der Waals surface area contributed by atoms with Gasteiger partial charge in [-0.25, -0.2) is 4.98 Å². The second kappa shape index (κ2) is 5.69. The fourth-order valence-corrected chi connectivity index (χ4v) is 2.18. The lowest BCUT2D eigenvalue weighted by Gasteiger charge is -2.12. The van der Waals surface area contributed by atoms with E-state index in [1.807, 2.05) is 0 Å². The molecule has 0 radical (unpaired) electrons. The van der Waals surface area contributed by atoms with Crippen molar-refractivity contribution in [2.45, 2.75) is 6.36 Å². The SMILES string of the molecule is N#Cc1c(N)nc(N)nc1-c1cc(Br)cc(OC(F)(F)F)c1. The number of benzene rings is 1. The zero-order valence-electron chi connectivity index (χ0n) is 10.6. The Morgan fingerprint density at radius 3 is 2.45 bits per heavy atom. The number of ether oxygens (including phenoxy) is 1. The zero-order chi connectivity index (χ0) is 16.5.